The summed E-state index contributed by atoms with van der Waals surface area (Å²) in [6.07, 6.45) is 1.44. The number of nitrogens with one attached hydrogen (secondary N) is 1. The van der Waals surface area contributed by atoms with Crippen LogP contribution in [0.1, 0.15) is 37.4 Å². The highest BCUT2D eigenvalue weighted by Crippen LogP contribution is 2.23. The lowest BCUT2D eigenvalue weighted by atomic mass is 10.1. The summed E-state index contributed by atoms with van der Waals surface area (Å²) < 4.78 is 6.35. The monoisotopic (exact) mass is 450 g/mol. The Balaban J connectivity index is 1.76. The van der Waals surface area contributed by atoms with Gasteiger partial charge in [0.15, 0.2) is 0 Å². The van der Waals surface area contributed by atoms with Crippen molar-refractivity contribution in [2.24, 2.45) is 5.10 Å². The molecule has 0 spiro atoms. The summed E-state index contributed by atoms with van der Waals surface area (Å²) in [4.78, 5) is 24.7. The van der Waals surface area contributed by atoms with E-state index < -0.39 is 5.97 Å². The number of carbonyl (C=O) groups is 2. The number of hydrogen-bond donors (Lipinski definition) is 1. The van der Waals surface area contributed by atoms with Crippen molar-refractivity contribution in [1.82, 2.24) is 5.43 Å². The largest absolute Gasteiger partial charge is 0.422 e. The van der Waals surface area contributed by atoms with E-state index in [1.807, 2.05) is 38.1 Å². The van der Waals surface area contributed by atoms with Gasteiger partial charge in [0.1, 0.15) is 5.75 Å². The topological polar surface area (TPSA) is 67.8 Å². The molecule has 5 nitrogen and oxygen atoms in total. The van der Waals surface area contributed by atoms with Crippen molar-refractivity contribution in [3.63, 3.8) is 0 Å². The number of ether oxygens (including phenoxy) is 1. The number of amides is 1. The molecule has 0 aliphatic heterocycles. The third-order valence-corrected chi connectivity index (χ3v) is 4.68. The van der Waals surface area contributed by atoms with Crippen molar-refractivity contribution in [3.8, 4) is 5.75 Å². The number of benzene rings is 3. The Labute approximate surface area is 177 Å². The van der Waals surface area contributed by atoms with Gasteiger partial charge < -0.3 is 4.74 Å². The van der Waals surface area contributed by atoms with Gasteiger partial charge in [0.2, 0.25) is 0 Å². The summed E-state index contributed by atoms with van der Waals surface area (Å²) in [5, 5.41) is 4.01. The molecule has 0 heterocycles. The molecule has 0 atom stereocenters. The molecule has 3 aromatic rings. The van der Waals surface area contributed by atoms with E-state index in [0.717, 1.165) is 15.6 Å². The highest BCUT2D eigenvalue weighted by molar-refractivity contribution is 9.10. The minimum atomic E-state index is -0.455. The zero-order valence-corrected chi connectivity index (χ0v) is 17.6. The van der Waals surface area contributed by atoms with E-state index in [4.69, 9.17) is 4.74 Å². The van der Waals surface area contributed by atoms with E-state index in [9.17, 15) is 9.59 Å². The molecule has 3 rings (SSSR count). The summed E-state index contributed by atoms with van der Waals surface area (Å²) in [5.74, 6) is -0.433. The lowest BCUT2D eigenvalue weighted by Gasteiger charge is -2.09. The average molecular weight is 451 g/mol. The van der Waals surface area contributed by atoms with E-state index in [0.29, 0.717) is 22.4 Å². The molecule has 0 saturated carbocycles. The Kier molecular flexibility index (Phi) is 6.57. The first-order chi connectivity index (χ1) is 13.9. The maximum Gasteiger partial charge on any atom is 0.343 e. The van der Waals surface area contributed by atoms with Crippen molar-refractivity contribution in [3.05, 3.63) is 99.0 Å². The molecule has 0 fully saturated rings. The van der Waals surface area contributed by atoms with Gasteiger partial charge in [-0.1, -0.05) is 51.8 Å². The molecule has 0 bridgehead atoms. The van der Waals surface area contributed by atoms with Gasteiger partial charge in [-0.3, -0.25) is 4.79 Å². The number of carbonyl (C=O) groups excluding carboxylic acids is 2. The van der Waals surface area contributed by atoms with Gasteiger partial charge in [-0.2, -0.15) is 5.10 Å². The number of esters is 1. The molecule has 0 aliphatic rings. The summed E-state index contributed by atoms with van der Waals surface area (Å²) in [6, 6.07) is 19.6. The number of nitrogens with zero attached hydrogens (tertiary/aromatic N) is 1. The summed E-state index contributed by atoms with van der Waals surface area (Å²) in [7, 11) is 0. The first-order valence-electron chi connectivity index (χ1n) is 8.91. The minimum Gasteiger partial charge on any atom is -0.422 e. The van der Waals surface area contributed by atoms with Crippen LogP contribution in [0, 0.1) is 13.8 Å². The molecular formula is C23H19BrN2O3. The summed E-state index contributed by atoms with van der Waals surface area (Å²) >= 11 is 3.40. The molecule has 0 radical (unpaired) electrons. The van der Waals surface area contributed by atoms with Gasteiger partial charge >= 0.3 is 5.97 Å². The number of hydrazone groups is 1. The number of rotatable bonds is 5. The van der Waals surface area contributed by atoms with Gasteiger partial charge in [0, 0.05) is 15.6 Å². The molecule has 29 heavy (non-hydrogen) atoms. The minimum absolute atomic E-state index is 0.321. The summed E-state index contributed by atoms with van der Waals surface area (Å²) in [5.41, 5.74) is 5.86. The smallest absolute Gasteiger partial charge is 0.343 e. The lowest BCUT2D eigenvalue weighted by Crippen LogP contribution is -2.17. The standard InChI is InChI=1S/C23H19BrN2O3/c1-15-6-5-8-17(12-15)22(27)26-25-14-18-13-19(24)10-11-21(18)29-23(28)20-9-4-3-7-16(20)2/h3-14H,1-2H3,(H,26,27)/b25-14+. The SMILES string of the molecule is Cc1cccc(C(=O)N/N=C/c2cc(Br)ccc2OC(=O)c2ccccc2C)c1. The third kappa shape index (κ3) is 5.39. The van der Waals surface area contributed by atoms with Crippen molar-refractivity contribution >= 4 is 34.0 Å². The van der Waals surface area contributed by atoms with E-state index in [1.165, 1.54) is 6.21 Å². The van der Waals surface area contributed by atoms with E-state index in [-0.39, 0.29) is 5.91 Å². The summed E-state index contributed by atoms with van der Waals surface area (Å²) in [6.45, 7) is 3.76. The van der Waals surface area contributed by atoms with Crippen molar-refractivity contribution in [2.45, 2.75) is 13.8 Å². The second kappa shape index (κ2) is 9.30. The Morgan fingerprint density at radius 3 is 2.55 bits per heavy atom. The first-order valence-corrected chi connectivity index (χ1v) is 9.71. The molecule has 0 aliphatic carbocycles. The Morgan fingerprint density at radius 1 is 1.00 bits per heavy atom. The van der Waals surface area contributed by atoms with Gasteiger partial charge in [0.05, 0.1) is 11.8 Å². The lowest BCUT2D eigenvalue weighted by molar-refractivity contribution is 0.0733. The van der Waals surface area contributed by atoms with Crippen LogP contribution in [-0.2, 0) is 0 Å². The Bertz CT molecular complexity index is 1090. The number of hydrogen-bond acceptors (Lipinski definition) is 4. The predicted octanol–water partition coefficient (Wildman–Crippen LogP) is 5.05. The fourth-order valence-electron chi connectivity index (χ4n) is 2.68. The normalized spacial score (nSPS) is 10.7. The van der Waals surface area contributed by atoms with Crippen LogP contribution in [0.5, 0.6) is 5.75 Å². The second-order valence-electron chi connectivity index (χ2n) is 6.46. The van der Waals surface area contributed by atoms with Crippen LogP contribution in [-0.4, -0.2) is 18.1 Å². The molecule has 0 aromatic heterocycles. The highest BCUT2D eigenvalue weighted by Gasteiger charge is 2.13. The van der Waals surface area contributed by atoms with Crippen LogP contribution in [0.4, 0.5) is 0 Å². The first kappa shape index (κ1) is 20.5. The fourth-order valence-corrected chi connectivity index (χ4v) is 3.06. The second-order valence-corrected chi connectivity index (χ2v) is 7.37. The highest BCUT2D eigenvalue weighted by atomic mass is 79.9. The molecule has 0 saturated heterocycles. The fraction of sp³-hybridized carbons (Fsp3) is 0.0870. The van der Waals surface area contributed by atoms with Crippen LogP contribution in [0.3, 0.4) is 0 Å². The van der Waals surface area contributed by atoms with Crippen LogP contribution < -0.4 is 10.2 Å². The molecule has 6 heteroatoms. The zero-order valence-electron chi connectivity index (χ0n) is 16.0. The van der Waals surface area contributed by atoms with E-state index >= 15 is 0 Å². The van der Waals surface area contributed by atoms with Gasteiger partial charge in [0.25, 0.3) is 5.91 Å². The molecular weight excluding hydrogens is 432 g/mol. The third-order valence-electron chi connectivity index (χ3n) is 4.19. The average Bonchev–Trinajstić information content (AvgIpc) is 2.70. The maximum atomic E-state index is 12.5. The molecule has 3 aromatic carbocycles. The van der Waals surface area contributed by atoms with Gasteiger partial charge in [-0.05, 0) is 55.8 Å². The van der Waals surface area contributed by atoms with Crippen molar-refractivity contribution in [1.29, 1.82) is 0 Å². The van der Waals surface area contributed by atoms with Gasteiger partial charge in [-0.25, -0.2) is 10.2 Å². The van der Waals surface area contributed by atoms with E-state index in [2.05, 4.69) is 26.5 Å². The van der Waals surface area contributed by atoms with Crippen molar-refractivity contribution < 1.29 is 14.3 Å². The maximum absolute atomic E-state index is 12.5. The molecule has 1 N–H and O–H groups in total. The van der Waals surface area contributed by atoms with Gasteiger partial charge in [-0.15, -0.1) is 0 Å². The predicted molar refractivity (Wildman–Crippen MR) is 117 cm³/mol. The number of aryl methyl sites for hydroxylation is 2. The molecule has 1 amide bonds. The van der Waals surface area contributed by atoms with Crippen LogP contribution in [0.25, 0.3) is 0 Å². The van der Waals surface area contributed by atoms with E-state index in [1.54, 1.807) is 42.5 Å². The Hall–Kier alpha value is -3.25. The molecule has 146 valence electrons. The van der Waals surface area contributed by atoms with Crippen molar-refractivity contribution in [2.75, 3.05) is 0 Å². The quantitative estimate of drug-likeness (QED) is 0.256. The van der Waals surface area contributed by atoms with Crippen LogP contribution in [0.2, 0.25) is 0 Å². The Morgan fingerprint density at radius 2 is 1.79 bits per heavy atom. The zero-order chi connectivity index (χ0) is 20.8. The number of halogens is 1. The van der Waals surface area contributed by atoms with Crippen LogP contribution >= 0.6 is 15.9 Å². The molecule has 0 unspecified atom stereocenters. The van der Waals surface area contributed by atoms with Crippen LogP contribution in [0.15, 0.2) is 76.3 Å².